The molecule has 1 aromatic rings. The van der Waals surface area contributed by atoms with Crippen LogP contribution in [0.1, 0.15) is 24.8 Å². The summed E-state index contributed by atoms with van der Waals surface area (Å²) in [7, 11) is 0. The van der Waals surface area contributed by atoms with Gasteiger partial charge in [0, 0.05) is 17.4 Å². The predicted octanol–water partition coefficient (Wildman–Crippen LogP) is 3.34. The zero-order chi connectivity index (χ0) is 10.9. The van der Waals surface area contributed by atoms with Crippen molar-refractivity contribution >= 4 is 15.9 Å². The third kappa shape index (κ3) is 5.01. The summed E-state index contributed by atoms with van der Waals surface area (Å²) in [6.45, 7) is 1.94. The van der Waals surface area contributed by atoms with Crippen LogP contribution in [-0.2, 0) is 6.54 Å². The van der Waals surface area contributed by atoms with Crippen molar-refractivity contribution in [2.75, 3.05) is 6.54 Å². The van der Waals surface area contributed by atoms with Crippen molar-refractivity contribution in [2.45, 2.75) is 25.8 Å². The molecular formula is C13H16BrN. The fourth-order valence-electron chi connectivity index (χ4n) is 1.34. The Hall–Kier alpha value is -0.780. The van der Waals surface area contributed by atoms with E-state index in [0.717, 1.165) is 32.4 Å². The summed E-state index contributed by atoms with van der Waals surface area (Å²) >= 11 is 3.52. The number of halogens is 1. The molecule has 0 aliphatic heterocycles. The lowest BCUT2D eigenvalue weighted by atomic mass is 10.2. The third-order valence-electron chi connectivity index (χ3n) is 2.20. The first-order valence-corrected chi connectivity index (χ1v) is 6.01. The number of rotatable bonds is 6. The van der Waals surface area contributed by atoms with Crippen LogP contribution in [0.4, 0.5) is 0 Å². The highest BCUT2D eigenvalue weighted by Gasteiger charge is 1.96. The van der Waals surface area contributed by atoms with Gasteiger partial charge in [0.15, 0.2) is 0 Å². The molecule has 1 N–H and O–H groups in total. The van der Waals surface area contributed by atoms with Crippen molar-refractivity contribution in [1.29, 1.82) is 0 Å². The normalized spacial score (nSPS) is 9.87. The number of hydrogen-bond acceptors (Lipinski definition) is 1. The zero-order valence-corrected chi connectivity index (χ0v) is 10.4. The molecule has 0 saturated heterocycles. The van der Waals surface area contributed by atoms with Gasteiger partial charge in [-0.05, 0) is 31.0 Å². The summed E-state index contributed by atoms with van der Waals surface area (Å²) in [5.74, 6) is 2.65. The standard InChI is InChI=1S/C13H16BrN/c1-2-3-4-7-10-15-11-12-8-5-6-9-13(12)14/h1,5-6,8-9,15H,3-4,7,10-11H2. The molecule has 0 aliphatic carbocycles. The summed E-state index contributed by atoms with van der Waals surface area (Å²) in [6, 6.07) is 8.27. The second-order valence-corrected chi connectivity index (χ2v) is 4.28. The quantitative estimate of drug-likeness (QED) is 0.615. The van der Waals surface area contributed by atoms with Gasteiger partial charge in [-0.2, -0.15) is 0 Å². The Labute approximate surface area is 100 Å². The van der Waals surface area contributed by atoms with Gasteiger partial charge in [0.1, 0.15) is 0 Å². The summed E-state index contributed by atoms with van der Waals surface area (Å²) in [5, 5.41) is 3.40. The maximum absolute atomic E-state index is 5.18. The molecule has 0 radical (unpaired) electrons. The van der Waals surface area contributed by atoms with E-state index < -0.39 is 0 Å². The molecule has 0 atom stereocenters. The fourth-order valence-corrected chi connectivity index (χ4v) is 1.77. The maximum Gasteiger partial charge on any atom is 0.0220 e. The number of benzene rings is 1. The lowest BCUT2D eigenvalue weighted by Gasteiger charge is -2.05. The van der Waals surface area contributed by atoms with Gasteiger partial charge in [0.25, 0.3) is 0 Å². The second kappa shape index (κ2) is 7.50. The third-order valence-corrected chi connectivity index (χ3v) is 2.97. The van der Waals surface area contributed by atoms with E-state index in [2.05, 4.69) is 45.4 Å². The molecule has 0 saturated carbocycles. The Morgan fingerprint density at radius 2 is 2.07 bits per heavy atom. The van der Waals surface area contributed by atoms with E-state index in [4.69, 9.17) is 6.42 Å². The Morgan fingerprint density at radius 1 is 1.27 bits per heavy atom. The summed E-state index contributed by atoms with van der Waals surface area (Å²) in [4.78, 5) is 0. The van der Waals surface area contributed by atoms with Crippen LogP contribution in [-0.4, -0.2) is 6.54 Å². The summed E-state index contributed by atoms with van der Waals surface area (Å²) in [6.07, 6.45) is 8.32. The molecule has 80 valence electrons. The number of hydrogen-bond donors (Lipinski definition) is 1. The van der Waals surface area contributed by atoms with Crippen molar-refractivity contribution in [3.8, 4) is 12.3 Å². The van der Waals surface area contributed by atoms with E-state index in [0.29, 0.717) is 0 Å². The van der Waals surface area contributed by atoms with Crippen molar-refractivity contribution in [3.05, 3.63) is 34.3 Å². The maximum atomic E-state index is 5.18. The van der Waals surface area contributed by atoms with Gasteiger partial charge >= 0.3 is 0 Å². The second-order valence-electron chi connectivity index (χ2n) is 3.43. The lowest BCUT2D eigenvalue weighted by molar-refractivity contribution is 0.629. The monoisotopic (exact) mass is 265 g/mol. The predicted molar refractivity (Wildman–Crippen MR) is 68.5 cm³/mol. The molecule has 2 heteroatoms. The number of terminal acetylenes is 1. The van der Waals surface area contributed by atoms with Crippen molar-refractivity contribution in [2.24, 2.45) is 0 Å². The van der Waals surface area contributed by atoms with Gasteiger partial charge in [-0.15, -0.1) is 12.3 Å². The van der Waals surface area contributed by atoms with Crippen LogP contribution in [0.3, 0.4) is 0 Å². The molecule has 1 rings (SSSR count). The minimum absolute atomic E-state index is 0.886. The van der Waals surface area contributed by atoms with Gasteiger partial charge in [-0.3, -0.25) is 0 Å². The van der Waals surface area contributed by atoms with Gasteiger partial charge in [0.05, 0.1) is 0 Å². The van der Waals surface area contributed by atoms with Gasteiger partial charge in [-0.25, -0.2) is 0 Å². The lowest BCUT2D eigenvalue weighted by Crippen LogP contribution is -2.14. The van der Waals surface area contributed by atoms with E-state index in [1.807, 2.05) is 6.07 Å². The number of unbranched alkanes of at least 4 members (excludes halogenated alkanes) is 2. The first-order valence-electron chi connectivity index (χ1n) is 5.22. The van der Waals surface area contributed by atoms with Crippen molar-refractivity contribution in [1.82, 2.24) is 5.32 Å². The molecule has 0 spiro atoms. The Morgan fingerprint density at radius 3 is 2.80 bits per heavy atom. The van der Waals surface area contributed by atoms with Crippen LogP contribution < -0.4 is 5.32 Å². The molecule has 0 aliphatic rings. The molecule has 0 amide bonds. The molecule has 15 heavy (non-hydrogen) atoms. The highest BCUT2D eigenvalue weighted by atomic mass is 79.9. The SMILES string of the molecule is C#CCCCCNCc1ccccc1Br. The van der Waals surface area contributed by atoms with Crippen LogP contribution in [0.15, 0.2) is 28.7 Å². The highest BCUT2D eigenvalue weighted by Crippen LogP contribution is 2.15. The van der Waals surface area contributed by atoms with Crippen LogP contribution in [0.2, 0.25) is 0 Å². The summed E-state index contributed by atoms with van der Waals surface area (Å²) in [5.41, 5.74) is 1.30. The Kier molecular flexibility index (Phi) is 6.15. The van der Waals surface area contributed by atoms with E-state index in [-0.39, 0.29) is 0 Å². The molecule has 1 aromatic carbocycles. The fraction of sp³-hybridized carbons (Fsp3) is 0.385. The minimum atomic E-state index is 0.886. The van der Waals surface area contributed by atoms with Gasteiger partial charge in [-0.1, -0.05) is 34.1 Å². The van der Waals surface area contributed by atoms with Gasteiger partial charge < -0.3 is 5.32 Å². The summed E-state index contributed by atoms with van der Waals surface area (Å²) < 4.78 is 1.17. The highest BCUT2D eigenvalue weighted by molar-refractivity contribution is 9.10. The average Bonchev–Trinajstić information content (AvgIpc) is 2.25. The largest absolute Gasteiger partial charge is 0.313 e. The molecule has 0 aromatic heterocycles. The Bertz CT molecular complexity index is 328. The van der Waals surface area contributed by atoms with Crippen molar-refractivity contribution < 1.29 is 0 Å². The van der Waals surface area contributed by atoms with E-state index in [1.54, 1.807) is 0 Å². The molecule has 0 unspecified atom stereocenters. The minimum Gasteiger partial charge on any atom is -0.313 e. The molecule has 0 fully saturated rings. The van der Waals surface area contributed by atoms with Crippen molar-refractivity contribution in [3.63, 3.8) is 0 Å². The first-order chi connectivity index (χ1) is 7.34. The molecular weight excluding hydrogens is 250 g/mol. The van der Waals surface area contributed by atoms with E-state index >= 15 is 0 Å². The topological polar surface area (TPSA) is 12.0 Å². The Balaban J connectivity index is 2.16. The number of nitrogens with one attached hydrogen (secondary N) is 1. The zero-order valence-electron chi connectivity index (χ0n) is 8.80. The van der Waals surface area contributed by atoms with Crippen LogP contribution in [0.5, 0.6) is 0 Å². The van der Waals surface area contributed by atoms with Crippen LogP contribution >= 0.6 is 15.9 Å². The average molecular weight is 266 g/mol. The van der Waals surface area contributed by atoms with E-state index in [9.17, 15) is 0 Å². The molecule has 0 bridgehead atoms. The molecule has 0 heterocycles. The van der Waals surface area contributed by atoms with Crippen LogP contribution in [0, 0.1) is 12.3 Å². The smallest absolute Gasteiger partial charge is 0.0220 e. The first kappa shape index (κ1) is 12.3. The van der Waals surface area contributed by atoms with E-state index in [1.165, 1.54) is 10.0 Å². The van der Waals surface area contributed by atoms with Crippen LogP contribution in [0.25, 0.3) is 0 Å². The molecule has 1 nitrogen and oxygen atoms in total. The van der Waals surface area contributed by atoms with Gasteiger partial charge in [0.2, 0.25) is 0 Å².